The highest BCUT2D eigenvalue weighted by molar-refractivity contribution is 7.83. The molecule has 6 nitrogen and oxygen atoms in total. The summed E-state index contributed by atoms with van der Waals surface area (Å²) in [5.74, 6) is -0.237. The Morgan fingerprint density at radius 2 is 1.79 bits per heavy atom. The molecule has 0 aliphatic heterocycles. The quantitative estimate of drug-likeness (QED) is 0.323. The van der Waals surface area contributed by atoms with E-state index in [1.807, 2.05) is 24.3 Å². The van der Waals surface area contributed by atoms with Crippen molar-refractivity contribution in [3.8, 4) is 0 Å². The number of aryl methyl sites for hydroxylation is 2. The first-order valence-electron chi connectivity index (χ1n) is 11.1. The maximum Gasteiger partial charge on any atom is 0.152 e. The fourth-order valence-electron chi connectivity index (χ4n) is 3.96. The number of benzene rings is 2. The lowest BCUT2D eigenvalue weighted by molar-refractivity contribution is 0.531. The summed E-state index contributed by atoms with van der Waals surface area (Å²) in [4.78, 5) is 8.89. The molecular formula is C24H27F2N5OS. The molecule has 9 heteroatoms. The van der Waals surface area contributed by atoms with E-state index in [0.717, 1.165) is 60.1 Å². The Labute approximate surface area is 193 Å². The van der Waals surface area contributed by atoms with Gasteiger partial charge in [-0.15, -0.1) is 0 Å². The summed E-state index contributed by atoms with van der Waals surface area (Å²) in [6.07, 6.45) is 4.36. The highest BCUT2D eigenvalue weighted by atomic mass is 32.2. The Bertz CT molecular complexity index is 1290. The maximum atomic E-state index is 13.8. The van der Waals surface area contributed by atoms with E-state index in [9.17, 15) is 13.0 Å². The van der Waals surface area contributed by atoms with Gasteiger partial charge in [-0.1, -0.05) is 37.6 Å². The van der Waals surface area contributed by atoms with Gasteiger partial charge in [0.2, 0.25) is 0 Å². The SMILES string of the molecule is CCCCc1nc2c(N)nc3ccccc3c2n1CCCCNS(=O)c1c(F)cccc1F. The molecular weight excluding hydrogens is 444 g/mol. The number of aromatic nitrogens is 3. The molecule has 174 valence electrons. The molecule has 2 aromatic carbocycles. The van der Waals surface area contributed by atoms with E-state index >= 15 is 0 Å². The van der Waals surface area contributed by atoms with Gasteiger partial charge in [0, 0.05) is 24.9 Å². The second kappa shape index (κ2) is 10.4. The summed E-state index contributed by atoms with van der Waals surface area (Å²) >= 11 is 0. The van der Waals surface area contributed by atoms with Crippen LogP contribution in [-0.2, 0) is 24.0 Å². The number of nitrogen functional groups attached to an aromatic ring is 1. The summed E-state index contributed by atoms with van der Waals surface area (Å²) < 4.78 is 44.9. The van der Waals surface area contributed by atoms with E-state index in [4.69, 9.17) is 10.7 Å². The molecule has 0 saturated carbocycles. The normalized spacial score (nSPS) is 12.6. The average Bonchev–Trinajstić information content (AvgIpc) is 3.16. The highest BCUT2D eigenvalue weighted by Crippen LogP contribution is 2.29. The van der Waals surface area contributed by atoms with Crippen molar-refractivity contribution in [1.82, 2.24) is 19.3 Å². The topological polar surface area (TPSA) is 85.8 Å². The zero-order valence-corrected chi connectivity index (χ0v) is 19.3. The first kappa shape index (κ1) is 23.3. The Morgan fingerprint density at radius 1 is 1.03 bits per heavy atom. The van der Waals surface area contributed by atoms with E-state index in [-0.39, 0.29) is 0 Å². The van der Waals surface area contributed by atoms with Crippen LogP contribution in [0.3, 0.4) is 0 Å². The minimum absolute atomic E-state index is 0.363. The van der Waals surface area contributed by atoms with Gasteiger partial charge in [-0.2, -0.15) is 0 Å². The third kappa shape index (κ3) is 4.89. The van der Waals surface area contributed by atoms with Crippen molar-refractivity contribution in [2.24, 2.45) is 0 Å². The number of hydrogen-bond acceptors (Lipinski definition) is 4. The molecule has 1 atom stereocenters. The van der Waals surface area contributed by atoms with E-state index in [1.54, 1.807) is 0 Å². The number of nitrogens with one attached hydrogen (secondary N) is 1. The number of hydrogen-bond donors (Lipinski definition) is 2. The maximum absolute atomic E-state index is 13.8. The highest BCUT2D eigenvalue weighted by Gasteiger charge is 2.17. The van der Waals surface area contributed by atoms with E-state index in [0.29, 0.717) is 30.8 Å². The molecule has 0 aliphatic rings. The van der Waals surface area contributed by atoms with Crippen LogP contribution in [0.4, 0.5) is 14.6 Å². The van der Waals surface area contributed by atoms with Gasteiger partial charge in [0.15, 0.2) is 5.82 Å². The average molecular weight is 472 g/mol. The smallest absolute Gasteiger partial charge is 0.152 e. The van der Waals surface area contributed by atoms with Crippen molar-refractivity contribution in [2.45, 2.75) is 50.5 Å². The van der Waals surface area contributed by atoms with Crippen molar-refractivity contribution in [1.29, 1.82) is 0 Å². The third-order valence-corrected chi connectivity index (χ3v) is 6.82. The lowest BCUT2D eigenvalue weighted by Crippen LogP contribution is -2.21. The minimum atomic E-state index is -1.94. The Morgan fingerprint density at radius 3 is 2.55 bits per heavy atom. The molecule has 2 aromatic heterocycles. The molecule has 2 heterocycles. The second-order valence-electron chi connectivity index (χ2n) is 7.92. The number of nitrogens with zero attached hydrogens (tertiary/aromatic N) is 3. The van der Waals surface area contributed by atoms with Crippen molar-refractivity contribution < 1.29 is 13.0 Å². The Kier molecular flexibility index (Phi) is 7.29. The number of nitrogens with two attached hydrogens (primary N) is 1. The summed E-state index contributed by atoms with van der Waals surface area (Å²) in [6, 6.07) is 11.3. The van der Waals surface area contributed by atoms with E-state index in [1.165, 1.54) is 6.07 Å². The first-order valence-corrected chi connectivity index (χ1v) is 12.3. The molecule has 3 N–H and O–H groups in total. The molecule has 0 radical (unpaired) electrons. The first-order chi connectivity index (χ1) is 16.0. The van der Waals surface area contributed by atoms with Crippen molar-refractivity contribution in [3.05, 3.63) is 59.9 Å². The van der Waals surface area contributed by atoms with Crippen LogP contribution in [0.15, 0.2) is 47.4 Å². The summed E-state index contributed by atoms with van der Waals surface area (Å²) in [5.41, 5.74) is 8.76. The van der Waals surface area contributed by atoms with Crippen LogP contribution in [0.25, 0.3) is 21.9 Å². The molecule has 1 unspecified atom stereocenters. The van der Waals surface area contributed by atoms with Crippen LogP contribution in [0, 0.1) is 11.6 Å². The molecule has 0 fully saturated rings. The van der Waals surface area contributed by atoms with Crippen LogP contribution in [0.5, 0.6) is 0 Å². The van der Waals surface area contributed by atoms with Crippen molar-refractivity contribution in [3.63, 3.8) is 0 Å². The van der Waals surface area contributed by atoms with Crippen molar-refractivity contribution >= 4 is 38.7 Å². The monoisotopic (exact) mass is 471 g/mol. The number of para-hydroxylation sites is 1. The van der Waals surface area contributed by atoms with Crippen LogP contribution >= 0.6 is 0 Å². The molecule has 4 rings (SSSR count). The van der Waals surface area contributed by atoms with Gasteiger partial charge in [-0.3, -0.25) is 0 Å². The number of imidazole rings is 1. The van der Waals surface area contributed by atoms with Gasteiger partial charge in [0.05, 0.1) is 11.0 Å². The molecule has 33 heavy (non-hydrogen) atoms. The van der Waals surface area contributed by atoms with Gasteiger partial charge in [-0.25, -0.2) is 27.7 Å². The van der Waals surface area contributed by atoms with Crippen molar-refractivity contribution in [2.75, 3.05) is 12.3 Å². The largest absolute Gasteiger partial charge is 0.382 e. The Balaban J connectivity index is 1.50. The van der Waals surface area contributed by atoms with E-state index in [2.05, 4.69) is 21.2 Å². The molecule has 0 aliphatic carbocycles. The fraction of sp³-hybridized carbons (Fsp3) is 0.333. The molecule has 4 aromatic rings. The zero-order chi connectivity index (χ0) is 23.4. The second-order valence-corrected chi connectivity index (χ2v) is 9.15. The predicted octanol–water partition coefficient (Wildman–Crippen LogP) is 4.88. The van der Waals surface area contributed by atoms with Gasteiger partial charge in [0.1, 0.15) is 38.9 Å². The van der Waals surface area contributed by atoms with Crippen LogP contribution in [0.1, 0.15) is 38.4 Å². The molecule has 0 saturated heterocycles. The lowest BCUT2D eigenvalue weighted by atomic mass is 10.2. The van der Waals surface area contributed by atoms with Crippen LogP contribution in [0.2, 0.25) is 0 Å². The summed E-state index contributed by atoms with van der Waals surface area (Å²) in [6.45, 7) is 3.20. The number of anilines is 1. The number of rotatable bonds is 10. The van der Waals surface area contributed by atoms with E-state index < -0.39 is 27.5 Å². The molecule has 0 bridgehead atoms. The number of pyridine rings is 1. The van der Waals surface area contributed by atoms with Crippen LogP contribution < -0.4 is 10.5 Å². The Hall–Kier alpha value is -2.91. The lowest BCUT2D eigenvalue weighted by Gasteiger charge is -2.11. The number of unbranched alkanes of at least 4 members (excludes halogenated alkanes) is 2. The summed E-state index contributed by atoms with van der Waals surface area (Å²) in [7, 11) is -1.94. The van der Waals surface area contributed by atoms with Crippen LogP contribution in [-0.4, -0.2) is 25.3 Å². The number of fused-ring (bicyclic) bond motifs is 3. The minimum Gasteiger partial charge on any atom is -0.382 e. The molecule has 0 spiro atoms. The van der Waals surface area contributed by atoms with Gasteiger partial charge in [0.25, 0.3) is 0 Å². The van der Waals surface area contributed by atoms with Gasteiger partial charge in [-0.05, 0) is 37.5 Å². The molecule has 0 amide bonds. The number of halogens is 2. The van der Waals surface area contributed by atoms with Gasteiger partial charge >= 0.3 is 0 Å². The summed E-state index contributed by atoms with van der Waals surface area (Å²) in [5, 5.41) is 1.01. The zero-order valence-electron chi connectivity index (χ0n) is 18.5. The predicted molar refractivity (Wildman–Crippen MR) is 128 cm³/mol. The third-order valence-electron chi connectivity index (χ3n) is 5.59. The van der Waals surface area contributed by atoms with Gasteiger partial charge < -0.3 is 10.3 Å². The standard InChI is InChI=1S/C24H27F2N5OS/c1-2-3-13-20-30-21-22(16-9-4-5-12-19(16)29-24(21)27)31(20)15-7-6-14-28-33(32)23-17(25)10-8-11-18(23)26/h4-5,8-12,28H,2-3,6-7,13-15H2,1H3,(H2,27,29). The fourth-order valence-corrected chi connectivity index (χ4v) is 4.93.